The fourth-order valence-electron chi connectivity index (χ4n) is 3.23. The summed E-state index contributed by atoms with van der Waals surface area (Å²) < 4.78 is 27.4. The lowest BCUT2D eigenvalue weighted by molar-refractivity contribution is 0.102. The van der Waals surface area contributed by atoms with Gasteiger partial charge in [-0.2, -0.15) is 0 Å². The maximum absolute atomic E-state index is 12.4. The zero-order chi connectivity index (χ0) is 16.3. The van der Waals surface area contributed by atoms with Crippen LogP contribution in [-0.2, 0) is 15.8 Å². The highest BCUT2D eigenvalue weighted by Crippen LogP contribution is 2.24. The second-order valence-corrected chi connectivity index (χ2v) is 8.09. The van der Waals surface area contributed by atoms with Crippen LogP contribution in [0.4, 0.5) is 0 Å². The number of aliphatic hydroxyl groups excluding tert-OH is 1. The predicted octanol–water partition coefficient (Wildman–Crippen LogP) is 2.21. The van der Waals surface area contributed by atoms with Crippen molar-refractivity contribution < 1.29 is 13.5 Å². The van der Waals surface area contributed by atoms with Gasteiger partial charge < -0.3 is 5.11 Å². The first kappa shape index (κ1) is 16.4. The van der Waals surface area contributed by atoms with E-state index in [0.29, 0.717) is 18.5 Å². The molecule has 0 saturated heterocycles. The first-order valence-corrected chi connectivity index (χ1v) is 9.67. The first-order chi connectivity index (χ1) is 11.0. The van der Waals surface area contributed by atoms with Crippen LogP contribution in [0.5, 0.6) is 0 Å². The van der Waals surface area contributed by atoms with Crippen LogP contribution in [-0.4, -0.2) is 31.2 Å². The number of benzene rings is 1. The molecule has 0 bridgehead atoms. The van der Waals surface area contributed by atoms with Crippen LogP contribution in [0.2, 0.25) is 0 Å². The van der Waals surface area contributed by atoms with E-state index in [2.05, 4.69) is 9.71 Å². The van der Waals surface area contributed by atoms with Crippen molar-refractivity contribution in [3.8, 4) is 0 Å². The van der Waals surface area contributed by atoms with Gasteiger partial charge in [-0.25, -0.2) is 13.1 Å². The summed E-state index contributed by atoms with van der Waals surface area (Å²) in [6.07, 6.45) is 4.81. The van der Waals surface area contributed by atoms with Crippen LogP contribution >= 0.6 is 0 Å². The number of pyridine rings is 1. The highest BCUT2D eigenvalue weighted by molar-refractivity contribution is 7.88. The molecule has 0 radical (unpaired) electrons. The summed E-state index contributed by atoms with van der Waals surface area (Å²) in [6.45, 7) is 0.400. The van der Waals surface area contributed by atoms with E-state index in [-0.39, 0.29) is 17.8 Å². The Morgan fingerprint density at radius 1 is 1.22 bits per heavy atom. The third-order valence-electron chi connectivity index (χ3n) is 4.41. The molecule has 0 amide bonds. The number of nitrogens with one attached hydrogen (secondary N) is 1. The highest BCUT2D eigenvalue weighted by Gasteiger charge is 2.22. The van der Waals surface area contributed by atoms with E-state index in [9.17, 15) is 13.5 Å². The van der Waals surface area contributed by atoms with E-state index in [1.807, 2.05) is 24.3 Å². The number of fused-ring (bicyclic) bond motifs is 1. The maximum Gasteiger partial charge on any atom is 0.215 e. The van der Waals surface area contributed by atoms with E-state index >= 15 is 0 Å². The number of hydrogen-bond acceptors (Lipinski definition) is 4. The lowest BCUT2D eigenvalue weighted by atomic mass is 9.87. The summed E-state index contributed by atoms with van der Waals surface area (Å²) in [5.74, 6) is 0.149. The third-order valence-corrected chi connectivity index (χ3v) is 5.71. The van der Waals surface area contributed by atoms with Gasteiger partial charge in [0.1, 0.15) is 0 Å². The minimum Gasteiger partial charge on any atom is -0.393 e. The summed E-state index contributed by atoms with van der Waals surface area (Å²) in [7, 11) is -3.41. The molecule has 0 aliphatic heterocycles. The van der Waals surface area contributed by atoms with E-state index in [1.54, 1.807) is 12.3 Å². The molecule has 1 aliphatic rings. The molecule has 2 aromatic rings. The number of nitrogens with zero attached hydrogens (tertiary/aromatic N) is 1. The van der Waals surface area contributed by atoms with Crippen LogP contribution in [0, 0.1) is 5.92 Å². The molecule has 1 aromatic carbocycles. The zero-order valence-electron chi connectivity index (χ0n) is 13.0. The van der Waals surface area contributed by atoms with Gasteiger partial charge in [-0.15, -0.1) is 0 Å². The van der Waals surface area contributed by atoms with Gasteiger partial charge in [0.05, 0.1) is 17.4 Å². The van der Waals surface area contributed by atoms with Crippen LogP contribution < -0.4 is 4.72 Å². The normalized spacial score (nSPS) is 22.3. The molecule has 2 N–H and O–H groups in total. The Morgan fingerprint density at radius 3 is 2.87 bits per heavy atom. The number of sulfonamides is 1. The van der Waals surface area contributed by atoms with Gasteiger partial charge in [0.2, 0.25) is 10.0 Å². The molecule has 5 nitrogen and oxygen atoms in total. The van der Waals surface area contributed by atoms with Gasteiger partial charge in [-0.05, 0) is 36.8 Å². The summed E-state index contributed by atoms with van der Waals surface area (Å²) in [5.41, 5.74) is 1.44. The van der Waals surface area contributed by atoms with Crippen molar-refractivity contribution in [2.24, 2.45) is 5.92 Å². The lowest BCUT2D eigenvalue weighted by Gasteiger charge is -2.25. The molecule has 1 fully saturated rings. The Labute approximate surface area is 136 Å². The SMILES string of the molecule is O=S(=O)(Cc1cccc2cccnc12)NCC1CCCC(O)C1. The largest absolute Gasteiger partial charge is 0.393 e. The standard InChI is InChI=1S/C17H22N2O3S/c20-16-8-1-4-13(10-16)11-19-23(21,22)12-15-6-2-5-14-7-3-9-18-17(14)15/h2-3,5-7,9,13,16,19-20H,1,4,8,10-12H2. The molecule has 6 heteroatoms. The molecule has 1 saturated carbocycles. The number of rotatable bonds is 5. The van der Waals surface area contributed by atoms with E-state index in [0.717, 1.165) is 30.2 Å². The molecule has 1 aromatic heterocycles. The van der Waals surface area contributed by atoms with Gasteiger partial charge in [-0.3, -0.25) is 4.98 Å². The van der Waals surface area contributed by atoms with E-state index < -0.39 is 10.0 Å². The van der Waals surface area contributed by atoms with Crippen molar-refractivity contribution in [1.82, 2.24) is 9.71 Å². The van der Waals surface area contributed by atoms with Gasteiger partial charge in [0.25, 0.3) is 0 Å². The highest BCUT2D eigenvalue weighted by atomic mass is 32.2. The minimum absolute atomic E-state index is 0.0728. The molecule has 124 valence electrons. The molecule has 2 atom stereocenters. The molecule has 3 rings (SSSR count). The number of aromatic nitrogens is 1. The lowest BCUT2D eigenvalue weighted by Crippen LogP contribution is -2.33. The fourth-order valence-corrected chi connectivity index (χ4v) is 4.47. The zero-order valence-corrected chi connectivity index (χ0v) is 13.8. The van der Waals surface area contributed by atoms with Crippen molar-refractivity contribution in [2.45, 2.75) is 37.5 Å². The second-order valence-electron chi connectivity index (χ2n) is 6.29. The number of para-hydroxylation sites is 1. The minimum atomic E-state index is -3.41. The summed E-state index contributed by atoms with van der Waals surface area (Å²) in [6, 6.07) is 9.35. The van der Waals surface area contributed by atoms with Gasteiger partial charge in [-0.1, -0.05) is 30.7 Å². The van der Waals surface area contributed by atoms with Crippen LogP contribution in [0.1, 0.15) is 31.2 Å². The van der Waals surface area contributed by atoms with Crippen LogP contribution in [0.25, 0.3) is 10.9 Å². The third kappa shape index (κ3) is 4.28. The monoisotopic (exact) mass is 334 g/mol. The fraction of sp³-hybridized carbons (Fsp3) is 0.471. The van der Waals surface area contributed by atoms with Crippen molar-refractivity contribution in [3.05, 3.63) is 42.1 Å². The average Bonchev–Trinajstić information content (AvgIpc) is 2.53. The van der Waals surface area contributed by atoms with Gasteiger partial charge in [0, 0.05) is 18.1 Å². The Bertz CT molecular complexity index is 771. The topological polar surface area (TPSA) is 79.3 Å². The summed E-state index contributed by atoms with van der Waals surface area (Å²) in [4.78, 5) is 4.30. The molecule has 2 unspecified atom stereocenters. The molecular formula is C17H22N2O3S. The van der Waals surface area contributed by atoms with Crippen molar-refractivity contribution in [2.75, 3.05) is 6.54 Å². The Morgan fingerprint density at radius 2 is 2.04 bits per heavy atom. The summed E-state index contributed by atoms with van der Waals surface area (Å²) in [5, 5.41) is 10.6. The predicted molar refractivity (Wildman–Crippen MR) is 90.3 cm³/mol. The Hall–Kier alpha value is -1.50. The number of hydrogen-bond donors (Lipinski definition) is 2. The Balaban J connectivity index is 1.68. The molecular weight excluding hydrogens is 312 g/mol. The maximum atomic E-state index is 12.4. The van der Waals surface area contributed by atoms with Crippen LogP contribution in [0.3, 0.4) is 0 Å². The van der Waals surface area contributed by atoms with E-state index in [1.165, 1.54) is 0 Å². The van der Waals surface area contributed by atoms with Crippen molar-refractivity contribution in [3.63, 3.8) is 0 Å². The van der Waals surface area contributed by atoms with Crippen molar-refractivity contribution >= 4 is 20.9 Å². The van der Waals surface area contributed by atoms with Crippen molar-refractivity contribution in [1.29, 1.82) is 0 Å². The molecule has 23 heavy (non-hydrogen) atoms. The Kier molecular flexibility index (Phi) is 4.94. The molecule has 1 aliphatic carbocycles. The quantitative estimate of drug-likeness (QED) is 0.878. The second kappa shape index (κ2) is 6.95. The first-order valence-electron chi connectivity index (χ1n) is 8.01. The summed E-state index contributed by atoms with van der Waals surface area (Å²) >= 11 is 0. The smallest absolute Gasteiger partial charge is 0.215 e. The average molecular weight is 334 g/mol. The van der Waals surface area contributed by atoms with Crippen LogP contribution in [0.15, 0.2) is 36.5 Å². The van der Waals surface area contributed by atoms with Gasteiger partial charge in [0.15, 0.2) is 0 Å². The molecule has 1 heterocycles. The van der Waals surface area contributed by atoms with Gasteiger partial charge >= 0.3 is 0 Å². The molecule has 0 spiro atoms. The number of aliphatic hydroxyl groups is 1. The van der Waals surface area contributed by atoms with E-state index in [4.69, 9.17) is 0 Å².